The Morgan fingerprint density at radius 1 is 1.37 bits per heavy atom. The molecule has 1 rings (SSSR count). The molecule has 1 aromatic rings. The summed E-state index contributed by atoms with van der Waals surface area (Å²) >= 11 is 0. The Kier molecular flexibility index (Phi) is 6.19. The molecule has 0 aromatic heterocycles. The van der Waals surface area contributed by atoms with E-state index in [4.69, 9.17) is 15.2 Å². The first-order chi connectivity index (χ1) is 9.04. The first kappa shape index (κ1) is 15.3. The molecule has 0 spiro atoms. The molecule has 4 heteroatoms. The number of hydrogen-bond donors (Lipinski definition) is 1. The summed E-state index contributed by atoms with van der Waals surface area (Å²) in [5.41, 5.74) is 6.79. The molecule has 4 nitrogen and oxygen atoms in total. The van der Waals surface area contributed by atoms with E-state index in [1.807, 2.05) is 13.8 Å². The summed E-state index contributed by atoms with van der Waals surface area (Å²) in [6.45, 7) is 7.13. The van der Waals surface area contributed by atoms with E-state index in [9.17, 15) is 4.79 Å². The van der Waals surface area contributed by atoms with Gasteiger partial charge < -0.3 is 15.2 Å². The lowest BCUT2D eigenvalue weighted by Gasteiger charge is -2.11. The van der Waals surface area contributed by atoms with Crippen LogP contribution in [0.2, 0.25) is 0 Å². The van der Waals surface area contributed by atoms with E-state index in [1.54, 1.807) is 18.2 Å². The van der Waals surface area contributed by atoms with Gasteiger partial charge in [-0.15, -0.1) is 0 Å². The molecule has 106 valence electrons. The minimum absolute atomic E-state index is 0.318. The molecule has 0 aliphatic heterocycles. The second kappa shape index (κ2) is 7.67. The van der Waals surface area contributed by atoms with Crippen molar-refractivity contribution in [3.8, 4) is 5.75 Å². The standard InChI is InChI=1S/C15H23NO3/c1-4-5-8-18-14-7-6-12(9-13(14)16)15(17)19-10-11(2)3/h6-7,9,11H,4-5,8,10,16H2,1-3H3. The van der Waals surface area contributed by atoms with Crippen LogP contribution in [0.15, 0.2) is 18.2 Å². The Morgan fingerprint density at radius 2 is 2.11 bits per heavy atom. The Balaban J connectivity index is 2.62. The van der Waals surface area contributed by atoms with Gasteiger partial charge in [0.25, 0.3) is 0 Å². The summed E-state index contributed by atoms with van der Waals surface area (Å²) in [5, 5.41) is 0. The molecule has 0 aliphatic rings. The van der Waals surface area contributed by atoms with Crippen LogP contribution < -0.4 is 10.5 Å². The molecule has 0 bridgehead atoms. The normalized spacial score (nSPS) is 10.5. The number of rotatable bonds is 7. The summed E-state index contributed by atoms with van der Waals surface area (Å²) in [4.78, 5) is 11.8. The number of hydrogen-bond acceptors (Lipinski definition) is 4. The van der Waals surface area contributed by atoms with E-state index in [2.05, 4.69) is 6.92 Å². The molecule has 0 saturated carbocycles. The number of nitrogen functional groups attached to an aromatic ring is 1. The van der Waals surface area contributed by atoms with Crippen LogP contribution in [0.1, 0.15) is 44.0 Å². The quantitative estimate of drug-likeness (QED) is 0.467. The minimum atomic E-state index is -0.347. The Hall–Kier alpha value is -1.71. The van der Waals surface area contributed by atoms with Crippen molar-refractivity contribution in [3.63, 3.8) is 0 Å². The minimum Gasteiger partial charge on any atom is -0.491 e. The van der Waals surface area contributed by atoms with Gasteiger partial charge in [-0.3, -0.25) is 0 Å². The van der Waals surface area contributed by atoms with E-state index in [-0.39, 0.29) is 5.97 Å². The van der Waals surface area contributed by atoms with Gasteiger partial charge in [-0.25, -0.2) is 4.79 Å². The zero-order valence-electron chi connectivity index (χ0n) is 11.9. The molecule has 0 unspecified atom stereocenters. The maximum atomic E-state index is 11.8. The largest absolute Gasteiger partial charge is 0.491 e. The van der Waals surface area contributed by atoms with Crippen molar-refractivity contribution in [2.45, 2.75) is 33.6 Å². The van der Waals surface area contributed by atoms with Crippen LogP contribution in [-0.4, -0.2) is 19.2 Å². The van der Waals surface area contributed by atoms with Crippen LogP contribution in [0.25, 0.3) is 0 Å². The lowest BCUT2D eigenvalue weighted by molar-refractivity contribution is 0.0459. The zero-order chi connectivity index (χ0) is 14.3. The summed E-state index contributed by atoms with van der Waals surface area (Å²) in [7, 11) is 0. The highest BCUT2D eigenvalue weighted by molar-refractivity contribution is 5.91. The van der Waals surface area contributed by atoms with Gasteiger partial charge in [0.1, 0.15) is 5.75 Å². The zero-order valence-corrected chi connectivity index (χ0v) is 11.9. The summed E-state index contributed by atoms with van der Waals surface area (Å²) in [5.74, 6) is 0.590. The fraction of sp³-hybridized carbons (Fsp3) is 0.533. The predicted molar refractivity (Wildman–Crippen MR) is 76.4 cm³/mol. The third-order valence-electron chi connectivity index (χ3n) is 2.55. The number of anilines is 1. The fourth-order valence-electron chi connectivity index (χ4n) is 1.46. The average Bonchev–Trinajstić information content (AvgIpc) is 2.38. The lowest BCUT2D eigenvalue weighted by Crippen LogP contribution is -2.10. The maximum absolute atomic E-state index is 11.8. The topological polar surface area (TPSA) is 61.5 Å². The Labute approximate surface area is 114 Å². The van der Waals surface area contributed by atoms with Crippen molar-refractivity contribution < 1.29 is 14.3 Å². The van der Waals surface area contributed by atoms with Gasteiger partial charge in [0, 0.05) is 0 Å². The highest BCUT2D eigenvalue weighted by atomic mass is 16.5. The van der Waals surface area contributed by atoms with Gasteiger partial charge in [-0.1, -0.05) is 27.2 Å². The molecule has 0 atom stereocenters. The number of benzene rings is 1. The van der Waals surface area contributed by atoms with E-state index in [0.717, 1.165) is 12.8 Å². The number of esters is 1. The van der Waals surface area contributed by atoms with Crippen LogP contribution in [0.5, 0.6) is 5.75 Å². The van der Waals surface area contributed by atoms with E-state index in [0.29, 0.717) is 36.1 Å². The van der Waals surface area contributed by atoms with Crippen molar-refractivity contribution in [1.29, 1.82) is 0 Å². The molecule has 0 amide bonds. The highest BCUT2D eigenvalue weighted by Gasteiger charge is 2.10. The summed E-state index contributed by atoms with van der Waals surface area (Å²) < 4.78 is 10.7. The van der Waals surface area contributed by atoms with E-state index < -0.39 is 0 Å². The fourth-order valence-corrected chi connectivity index (χ4v) is 1.46. The summed E-state index contributed by atoms with van der Waals surface area (Å²) in [6, 6.07) is 5.00. The third-order valence-corrected chi connectivity index (χ3v) is 2.55. The van der Waals surface area contributed by atoms with E-state index >= 15 is 0 Å². The Morgan fingerprint density at radius 3 is 2.68 bits per heavy atom. The monoisotopic (exact) mass is 265 g/mol. The Bertz CT molecular complexity index is 416. The van der Waals surface area contributed by atoms with Gasteiger partial charge in [-0.2, -0.15) is 0 Å². The molecular formula is C15H23NO3. The molecule has 0 fully saturated rings. The second-order valence-corrected chi connectivity index (χ2v) is 4.95. The van der Waals surface area contributed by atoms with Crippen molar-refractivity contribution in [2.24, 2.45) is 5.92 Å². The molecule has 2 N–H and O–H groups in total. The average molecular weight is 265 g/mol. The first-order valence-corrected chi connectivity index (χ1v) is 6.74. The predicted octanol–water partition coefficient (Wildman–Crippen LogP) is 3.26. The van der Waals surface area contributed by atoms with Crippen LogP contribution in [0, 0.1) is 5.92 Å². The molecule has 0 radical (unpaired) electrons. The SMILES string of the molecule is CCCCOc1ccc(C(=O)OCC(C)C)cc1N. The second-order valence-electron chi connectivity index (χ2n) is 4.95. The van der Waals surface area contributed by atoms with Gasteiger partial charge in [-0.05, 0) is 30.5 Å². The van der Waals surface area contributed by atoms with Gasteiger partial charge in [0.05, 0.1) is 24.5 Å². The molecule has 19 heavy (non-hydrogen) atoms. The van der Waals surface area contributed by atoms with Gasteiger partial charge in [0.2, 0.25) is 0 Å². The molecule has 1 aromatic carbocycles. The number of carbonyl (C=O) groups excluding carboxylic acids is 1. The van der Waals surface area contributed by atoms with Crippen LogP contribution in [-0.2, 0) is 4.74 Å². The third kappa shape index (κ3) is 5.20. The van der Waals surface area contributed by atoms with Crippen LogP contribution in [0.4, 0.5) is 5.69 Å². The van der Waals surface area contributed by atoms with Gasteiger partial charge in [0.15, 0.2) is 0 Å². The molecule has 0 heterocycles. The van der Waals surface area contributed by atoms with Crippen molar-refractivity contribution in [1.82, 2.24) is 0 Å². The highest BCUT2D eigenvalue weighted by Crippen LogP contribution is 2.23. The number of ether oxygens (including phenoxy) is 2. The smallest absolute Gasteiger partial charge is 0.338 e. The first-order valence-electron chi connectivity index (χ1n) is 6.74. The van der Waals surface area contributed by atoms with Crippen molar-refractivity contribution >= 4 is 11.7 Å². The van der Waals surface area contributed by atoms with Crippen molar-refractivity contribution in [2.75, 3.05) is 18.9 Å². The molecule has 0 saturated heterocycles. The van der Waals surface area contributed by atoms with E-state index in [1.165, 1.54) is 0 Å². The summed E-state index contributed by atoms with van der Waals surface area (Å²) in [6.07, 6.45) is 2.05. The lowest BCUT2D eigenvalue weighted by atomic mass is 10.2. The molecular weight excluding hydrogens is 242 g/mol. The number of nitrogens with two attached hydrogens (primary N) is 1. The van der Waals surface area contributed by atoms with Gasteiger partial charge >= 0.3 is 5.97 Å². The van der Waals surface area contributed by atoms with Crippen LogP contribution in [0.3, 0.4) is 0 Å². The number of unbranched alkanes of at least 4 members (excludes halogenated alkanes) is 1. The maximum Gasteiger partial charge on any atom is 0.338 e. The molecule has 0 aliphatic carbocycles. The van der Waals surface area contributed by atoms with Crippen LogP contribution >= 0.6 is 0 Å². The van der Waals surface area contributed by atoms with Crippen molar-refractivity contribution in [3.05, 3.63) is 23.8 Å². The number of carbonyl (C=O) groups is 1.